The second-order valence-electron chi connectivity index (χ2n) is 10.5. The van der Waals surface area contributed by atoms with Crippen molar-refractivity contribution in [1.82, 2.24) is 0 Å². The van der Waals surface area contributed by atoms with Crippen LogP contribution in [0.5, 0.6) is 0 Å². The summed E-state index contributed by atoms with van der Waals surface area (Å²) in [6.07, 6.45) is 37.8. The van der Waals surface area contributed by atoms with Crippen molar-refractivity contribution in [2.45, 2.75) is 207 Å². The Bertz CT molecular complexity index is 196. The molecule has 0 nitrogen and oxygen atoms in total. The standard InChI is InChI=1S/4C9H19.Hf/c4*1-3-5-7-9-8-6-4-2;/h4*1,3-9H2,2H3;/q4*-1;+4. The summed E-state index contributed by atoms with van der Waals surface area (Å²) >= 11 is 0. The zero-order valence-corrected chi connectivity index (χ0v) is 30.7. The molecule has 0 unspecified atom stereocenters. The van der Waals surface area contributed by atoms with E-state index in [0.29, 0.717) is 0 Å². The van der Waals surface area contributed by atoms with Gasteiger partial charge in [0.2, 0.25) is 0 Å². The third kappa shape index (κ3) is 72.5. The molecule has 0 atom stereocenters. The number of unbranched alkanes of at least 4 members (excludes halogenated alkanes) is 24. The maximum absolute atomic E-state index is 3.80. The van der Waals surface area contributed by atoms with Gasteiger partial charge in [-0.1, -0.05) is 182 Å². The fraction of sp³-hybridized carbons (Fsp3) is 0.889. The molecule has 0 radical (unpaired) electrons. The number of hydrogen-bond acceptors (Lipinski definition) is 0. The molecule has 0 saturated carbocycles. The van der Waals surface area contributed by atoms with Crippen molar-refractivity contribution in [2.75, 3.05) is 0 Å². The van der Waals surface area contributed by atoms with Crippen LogP contribution in [0.15, 0.2) is 0 Å². The second kappa shape index (κ2) is 56.9. The van der Waals surface area contributed by atoms with Crippen LogP contribution < -0.4 is 0 Å². The van der Waals surface area contributed by atoms with Crippen LogP contribution in [0, 0.1) is 27.7 Å². The van der Waals surface area contributed by atoms with E-state index < -0.39 is 0 Å². The first kappa shape index (κ1) is 47.6. The number of hydrogen-bond donors (Lipinski definition) is 0. The number of rotatable bonds is 24. The fourth-order valence-corrected chi connectivity index (χ4v) is 3.83. The molecule has 0 aromatic carbocycles. The third-order valence-electron chi connectivity index (χ3n) is 6.41. The second-order valence-corrected chi connectivity index (χ2v) is 10.5. The van der Waals surface area contributed by atoms with Crippen LogP contribution in [0.25, 0.3) is 0 Å². The molecule has 1 heteroatoms. The van der Waals surface area contributed by atoms with Gasteiger partial charge in [0.25, 0.3) is 0 Å². The van der Waals surface area contributed by atoms with Crippen molar-refractivity contribution in [3.05, 3.63) is 27.7 Å². The first-order valence-corrected chi connectivity index (χ1v) is 16.8. The van der Waals surface area contributed by atoms with Crippen molar-refractivity contribution < 1.29 is 25.8 Å². The summed E-state index contributed by atoms with van der Waals surface area (Å²) in [7, 11) is 0. The Kier molecular flexibility index (Phi) is 73.3. The van der Waals surface area contributed by atoms with E-state index in [-0.39, 0.29) is 25.8 Å². The summed E-state index contributed by atoms with van der Waals surface area (Å²) in [6.45, 7) is 24.2. The van der Waals surface area contributed by atoms with Gasteiger partial charge in [0.15, 0.2) is 0 Å². The van der Waals surface area contributed by atoms with Crippen LogP contribution in [0.2, 0.25) is 0 Å². The molecule has 0 aliphatic carbocycles. The molecule has 0 bridgehead atoms. The Labute approximate surface area is 259 Å². The largest absolute Gasteiger partial charge is 4.00 e. The average Bonchev–Trinajstić information content (AvgIpc) is 2.90. The van der Waals surface area contributed by atoms with Crippen LogP contribution in [0.4, 0.5) is 0 Å². The van der Waals surface area contributed by atoms with E-state index in [1.54, 1.807) is 0 Å². The van der Waals surface area contributed by atoms with Crippen molar-refractivity contribution in [3.63, 3.8) is 0 Å². The smallest absolute Gasteiger partial charge is 0.343 e. The van der Waals surface area contributed by atoms with Gasteiger partial charge in [-0.05, 0) is 0 Å². The molecule has 37 heavy (non-hydrogen) atoms. The first-order valence-electron chi connectivity index (χ1n) is 16.8. The van der Waals surface area contributed by atoms with Crippen LogP contribution in [-0.4, -0.2) is 0 Å². The maximum atomic E-state index is 3.80. The Morgan fingerprint density at radius 1 is 0.243 bits per heavy atom. The molecule has 0 heterocycles. The zero-order valence-electron chi connectivity index (χ0n) is 27.1. The molecule has 0 aliphatic rings. The van der Waals surface area contributed by atoms with Gasteiger partial charge in [-0.25, -0.2) is 0 Å². The Morgan fingerprint density at radius 2 is 0.378 bits per heavy atom. The van der Waals surface area contributed by atoms with Crippen molar-refractivity contribution in [3.8, 4) is 0 Å². The summed E-state index contributed by atoms with van der Waals surface area (Å²) in [6, 6.07) is 0. The molecule has 0 rings (SSSR count). The monoisotopic (exact) mass is 689 g/mol. The van der Waals surface area contributed by atoms with E-state index in [1.807, 2.05) is 0 Å². The van der Waals surface area contributed by atoms with Gasteiger partial charge in [-0.3, -0.25) is 0 Å². The van der Waals surface area contributed by atoms with Gasteiger partial charge >= 0.3 is 25.8 Å². The van der Waals surface area contributed by atoms with Crippen molar-refractivity contribution in [2.24, 2.45) is 0 Å². The minimum absolute atomic E-state index is 0. The van der Waals surface area contributed by atoms with E-state index in [4.69, 9.17) is 0 Å². The van der Waals surface area contributed by atoms with E-state index in [0.717, 1.165) is 25.7 Å². The quantitative estimate of drug-likeness (QED) is 0.0538. The van der Waals surface area contributed by atoms with E-state index in [9.17, 15) is 0 Å². The molecule has 0 fully saturated rings. The summed E-state index contributed by atoms with van der Waals surface area (Å²) in [5, 5.41) is 0. The fourth-order valence-electron chi connectivity index (χ4n) is 3.83. The van der Waals surface area contributed by atoms with Crippen LogP contribution in [-0.2, 0) is 25.8 Å². The summed E-state index contributed by atoms with van der Waals surface area (Å²) in [5.74, 6) is 0. The zero-order chi connectivity index (χ0) is 27.8. The van der Waals surface area contributed by atoms with Gasteiger partial charge in [0.1, 0.15) is 0 Å². The molecule has 0 saturated heterocycles. The van der Waals surface area contributed by atoms with Crippen molar-refractivity contribution >= 4 is 0 Å². The SMILES string of the molecule is [CH2-]CCCCCCCC.[CH2-]CCCCCCCC.[CH2-]CCCCCCCC.[CH2-]CCCCCCCC.[Hf+4]. The Balaban J connectivity index is -0.000000122. The van der Waals surface area contributed by atoms with Gasteiger partial charge < -0.3 is 27.7 Å². The Hall–Kier alpha value is 0.870. The summed E-state index contributed by atoms with van der Waals surface area (Å²) in [4.78, 5) is 0. The molecule has 0 aromatic heterocycles. The third-order valence-corrected chi connectivity index (χ3v) is 6.41. The normalized spacial score (nSPS) is 9.73. The van der Waals surface area contributed by atoms with Gasteiger partial charge in [-0.2, -0.15) is 25.7 Å². The minimum atomic E-state index is 0. The molecule has 0 aromatic rings. The molecule has 0 N–H and O–H groups in total. The molecule has 0 spiro atoms. The first-order chi connectivity index (χ1) is 17.7. The predicted molar refractivity (Wildman–Crippen MR) is 173 cm³/mol. The predicted octanol–water partition coefficient (Wildman–Crippen LogP) is 14.3. The Morgan fingerprint density at radius 3 is 0.514 bits per heavy atom. The van der Waals surface area contributed by atoms with E-state index in [1.165, 1.54) is 154 Å². The molecular formula is C36H76Hf. The van der Waals surface area contributed by atoms with Crippen LogP contribution >= 0.6 is 0 Å². The topological polar surface area (TPSA) is 0 Å². The van der Waals surface area contributed by atoms with Gasteiger partial charge in [-0.15, -0.1) is 0 Å². The van der Waals surface area contributed by atoms with Crippen LogP contribution in [0.1, 0.15) is 207 Å². The summed E-state index contributed by atoms with van der Waals surface area (Å²) < 4.78 is 0. The van der Waals surface area contributed by atoms with E-state index >= 15 is 0 Å². The van der Waals surface area contributed by atoms with Crippen LogP contribution in [0.3, 0.4) is 0 Å². The average molecular weight is 687 g/mol. The van der Waals surface area contributed by atoms with Crippen molar-refractivity contribution in [1.29, 1.82) is 0 Å². The molecular weight excluding hydrogens is 611 g/mol. The molecule has 0 amide bonds. The minimum Gasteiger partial charge on any atom is -0.343 e. The van der Waals surface area contributed by atoms with E-state index in [2.05, 4.69) is 55.4 Å². The van der Waals surface area contributed by atoms with Gasteiger partial charge in [0, 0.05) is 0 Å². The molecule has 0 aliphatic heterocycles. The summed E-state index contributed by atoms with van der Waals surface area (Å²) in [5.41, 5.74) is 0. The maximum Gasteiger partial charge on any atom is 4.00 e. The molecule has 224 valence electrons. The van der Waals surface area contributed by atoms with Gasteiger partial charge in [0.05, 0.1) is 0 Å².